The summed E-state index contributed by atoms with van der Waals surface area (Å²) in [5.41, 5.74) is 0.120. The molecule has 1 rings (SSSR count). The zero-order valence-corrected chi connectivity index (χ0v) is 10.3. The molecule has 0 aliphatic carbocycles. The van der Waals surface area contributed by atoms with Crippen molar-refractivity contribution in [3.63, 3.8) is 0 Å². The fraction of sp³-hybridized carbons (Fsp3) is 0.300. The minimum Gasteiger partial charge on any atom is -0.507 e. The van der Waals surface area contributed by atoms with Gasteiger partial charge in [-0.05, 0) is 18.2 Å². The van der Waals surface area contributed by atoms with E-state index in [0.29, 0.717) is 17.3 Å². The lowest BCUT2D eigenvalue weighted by molar-refractivity contribution is 0.0953. The molecule has 2 N–H and O–H groups in total. The smallest absolute Gasteiger partial charge is 0.255 e. The molecule has 88 valence electrons. The number of hydrogen-bond acceptors (Lipinski definition) is 3. The van der Waals surface area contributed by atoms with E-state index in [0.717, 1.165) is 0 Å². The van der Waals surface area contributed by atoms with Gasteiger partial charge in [0.05, 0.1) is 5.56 Å². The number of benzene rings is 1. The van der Waals surface area contributed by atoms with Crippen LogP contribution in [0.1, 0.15) is 10.4 Å². The number of carbonyl (C=O) groups excluding carboxylic acids is 1. The van der Waals surface area contributed by atoms with Crippen molar-refractivity contribution >= 4 is 28.3 Å². The maximum absolute atomic E-state index is 11.6. The first kappa shape index (κ1) is 13.0. The van der Waals surface area contributed by atoms with Gasteiger partial charge in [0, 0.05) is 34.4 Å². The molecule has 1 amide bonds. The lowest BCUT2D eigenvalue weighted by Gasteiger charge is -2.06. The number of phenols is 1. The highest BCUT2D eigenvalue weighted by Crippen LogP contribution is 2.20. The van der Waals surface area contributed by atoms with Crippen LogP contribution in [0, 0.1) is 0 Å². The third kappa shape index (κ3) is 3.83. The van der Waals surface area contributed by atoms with Gasteiger partial charge in [0.1, 0.15) is 5.75 Å². The normalized spacial score (nSPS) is 12.1. The standard InChI is InChI=1S/C10H12ClNO3S/c1-16(15)5-4-12-10(14)8-6-7(11)2-3-9(8)13/h2-3,6,13H,4-5H2,1H3,(H,12,14). The summed E-state index contributed by atoms with van der Waals surface area (Å²) in [5.74, 6) is -0.169. The zero-order chi connectivity index (χ0) is 12.1. The maximum Gasteiger partial charge on any atom is 0.255 e. The Kier molecular flexibility index (Phi) is 4.76. The Labute approximate surface area is 101 Å². The molecule has 0 saturated carbocycles. The van der Waals surface area contributed by atoms with Crippen LogP contribution in [0.3, 0.4) is 0 Å². The molecule has 0 aromatic heterocycles. The van der Waals surface area contributed by atoms with E-state index in [1.807, 2.05) is 0 Å². The lowest BCUT2D eigenvalue weighted by Crippen LogP contribution is -2.27. The Morgan fingerprint density at radius 1 is 1.56 bits per heavy atom. The Bertz CT molecular complexity index is 423. The maximum atomic E-state index is 11.6. The highest BCUT2D eigenvalue weighted by Gasteiger charge is 2.10. The summed E-state index contributed by atoms with van der Waals surface area (Å²) in [5, 5.41) is 12.4. The largest absolute Gasteiger partial charge is 0.507 e. The average Bonchev–Trinajstić information content (AvgIpc) is 2.21. The molecular weight excluding hydrogens is 250 g/mol. The van der Waals surface area contributed by atoms with Crippen molar-refractivity contribution in [1.29, 1.82) is 0 Å². The molecule has 6 heteroatoms. The SMILES string of the molecule is CS(=O)CCNC(=O)c1cc(Cl)ccc1O. The van der Waals surface area contributed by atoms with Crippen LogP contribution in [-0.2, 0) is 10.8 Å². The first-order valence-electron chi connectivity index (χ1n) is 4.57. The molecule has 0 aliphatic rings. The van der Waals surface area contributed by atoms with Crippen molar-refractivity contribution in [2.24, 2.45) is 0 Å². The molecule has 0 fully saturated rings. The molecule has 1 aromatic carbocycles. The van der Waals surface area contributed by atoms with Crippen molar-refractivity contribution in [2.75, 3.05) is 18.6 Å². The van der Waals surface area contributed by atoms with Gasteiger partial charge in [-0.2, -0.15) is 0 Å². The Morgan fingerprint density at radius 3 is 2.88 bits per heavy atom. The van der Waals surface area contributed by atoms with Gasteiger partial charge in [0.25, 0.3) is 5.91 Å². The van der Waals surface area contributed by atoms with Crippen LogP contribution in [0.2, 0.25) is 5.02 Å². The zero-order valence-electron chi connectivity index (χ0n) is 8.70. The molecular formula is C10H12ClNO3S. The average molecular weight is 262 g/mol. The molecule has 1 unspecified atom stereocenters. The number of phenolic OH excluding ortho intramolecular Hbond substituents is 1. The second kappa shape index (κ2) is 5.86. The number of halogens is 1. The molecule has 1 aromatic rings. The second-order valence-corrected chi connectivity index (χ2v) is 5.19. The minimum atomic E-state index is -0.951. The van der Waals surface area contributed by atoms with E-state index in [1.54, 1.807) is 6.26 Å². The van der Waals surface area contributed by atoms with E-state index in [-0.39, 0.29) is 11.3 Å². The van der Waals surface area contributed by atoms with Gasteiger partial charge in [0.2, 0.25) is 0 Å². The fourth-order valence-corrected chi connectivity index (χ4v) is 1.66. The predicted molar refractivity (Wildman–Crippen MR) is 64.4 cm³/mol. The summed E-state index contributed by atoms with van der Waals surface area (Å²) < 4.78 is 10.8. The Hall–Kier alpha value is -1.07. The van der Waals surface area contributed by atoms with E-state index in [9.17, 15) is 14.1 Å². The number of aromatic hydroxyl groups is 1. The second-order valence-electron chi connectivity index (χ2n) is 3.19. The highest BCUT2D eigenvalue weighted by atomic mass is 35.5. The monoisotopic (exact) mass is 261 g/mol. The van der Waals surface area contributed by atoms with Gasteiger partial charge < -0.3 is 10.4 Å². The van der Waals surface area contributed by atoms with Crippen LogP contribution in [0.15, 0.2) is 18.2 Å². The predicted octanol–water partition coefficient (Wildman–Crippen LogP) is 1.15. The molecule has 16 heavy (non-hydrogen) atoms. The van der Waals surface area contributed by atoms with Crippen LogP contribution >= 0.6 is 11.6 Å². The van der Waals surface area contributed by atoms with Gasteiger partial charge in [0.15, 0.2) is 0 Å². The summed E-state index contributed by atoms with van der Waals surface area (Å²) in [4.78, 5) is 11.6. The molecule has 0 spiro atoms. The fourth-order valence-electron chi connectivity index (χ4n) is 1.09. The molecule has 4 nitrogen and oxygen atoms in total. The van der Waals surface area contributed by atoms with Gasteiger partial charge in [-0.1, -0.05) is 11.6 Å². The number of hydrogen-bond donors (Lipinski definition) is 2. The van der Waals surface area contributed by atoms with E-state index in [4.69, 9.17) is 11.6 Å². The minimum absolute atomic E-state index is 0.120. The van der Waals surface area contributed by atoms with Crippen LogP contribution < -0.4 is 5.32 Å². The summed E-state index contributed by atoms with van der Waals surface area (Å²) in [6.07, 6.45) is 1.56. The quantitative estimate of drug-likeness (QED) is 0.855. The third-order valence-electron chi connectivity index (χ3n) is 1.88. The van der Waals surface area contributed by atoms with Crippen molar-refractivity contribution in [3.05, 3.63) is 28.8 Å². The van der Waals surface area contributed by atoms with E-state index >= 15 is 0 Å². The summed E-state index contributed by atoms with van der Waals surface area (Å²) >= 11 is 5.71. The number of rotatable bonds is 4. The summed E-state index contributed by atoms with van der Waals surface area (Å²) in [6.45, 7) is 0.300. The van der Waals surface area contributed by atoms with Crippen LogP contribution in [0.25, 0.3) is 0 Å². The molecule has 1 atom stereocenters. The van der Waals surface area contributed by atoms with Gasteiger partial charge >= 0.3 is 0 Å². The Balaban J connectivity index is 2.65. The van der Waals surface area contributed by atoms with E-state index in [2.05, 4.69) is 5.32 Å². The molecule has 0 saturated heterocycles. The van der Waals surface area contributed by atoms with Crippen LogP contribution in [0.5, 0.6) is 5.75 Å². The van der Waals surface area contributed by atoms with E-state index in [1.165, 1.54) is 18.2 Å². The molecule has 0 bridgehead atoms. The number of carbonyl (C=O) groups is 1. The summed E-state index contributed by atoms with van der Waals surface area (Å²) in [6, 6.07) is 4.24. The topological polar surface area (TPSA) is 66.4 Å². The van der Waals surface area contributed by atoms with Crippen molar-refractivity contribution in [3.8, 4) is 5.75 Å². The summed E-state index contributed by atoms with van der Waals surface area (Å²) in [7, 11) is -0.951. The van der Waals surface area contributed by atoms with Crippen molar-refractivity contribution in [2.45, 2.75) is 0 Å². The first-order valence-corrected chi connectivity index (χ1v) is 6.68. The van der Waals surface area contributed by atoms with Gasteiger partial charge in [-0.3, -0.25) is 9.00 Å². The van der Waals surface area contributed by atoms with Crippen LogP contribution in [0.4, 0.5) is 0 Å². The highest BCUT2D eigenvalue weighted by molar-refractivity contribution is 7.84. The molecule has 0 heterocycles. The lowest BCUT2D eigenvalue weighted by atomic mass is 10.2. The number of amides is 1. The van der Waals surface area contributed by atoms with Gasteiger partial charge in [-0.15, -0.1) is 0 Å². The Morgan fingerprint density at radius 2 is 2.25 bits per heavy atom. The van der Waals surface area contributed by atoms with Crippen molar-refractivity contribution < 1.29 is 14.1 Å². The van der Waals surface area contributed by atoms with Crippen LogP contribution in [-0.4, -0.2) is 33.8 Å². The van der Waals surface area contributed by atoms with E-state index < -0.39 is 16.7 Å². The van der Waals surface area contributed by atoms with Crippen molar-refractivity contribution in [1.82, 2.24) is 5.32 Å². The first-order chi connectivity index (χ1) is 7.50. The van der Waals surface area contributed by atoms with Gasteiger partial charge in [-0.25, -0.2) is 0 Å². The number of nitrogens with one attached hydrogen (secondary N) is 1. The molecule has 0 radical (unpaired) electrons. The molecule has 0 aliphatic heterocycles. The third-order valence-corrected chi connectivity index (χ3v) is 2.89.